The van der Waals surface area contributed by atoms with Crippen molar-refractivity contribution in [2.75, 3.05) is 12.0 Å². The molecule has 0 spiro atoms. The number of anilines is 1. The number of hydrogen-bond acceptors (Lipinski definition) is 5. The number of aromatic nitrogens is 2. The van der Waals surface area contributed by atoms with Gasteiger partial charge in [-0.05, 0) is 60.7 Å². The third kappa shape index (κ3) is 4.10. The van der Waals surface area contributed by atoms with Gasteiger partial charge in [0.1, 0.15) is 22.7 Å². The lowest BCUT2D eigenvalue weighted by atomic mass is 9.93. The van der Waals surface area contributed by atoms with Crippen LogP contribution < -0.4 is 15.0 Å². The summed E-state index contributed by atoms with van der Waals surface area (Å²) in [5, 5.41) is 9.71. The van der Waals surface area contributed by atoms with Crippen LogP contribution in [0, 0.1) is 6.92 Å². The zero-order valence-corrected chi connectivity index (χ0v) is 20.6. The maximum absolute atomic E-state index is 13.9. The molecule has 0 saturated heterocycles. The first-order chi connectivity index (χ1) is 16.9. The molecule has 35 heavy (non-hydrogen) atoms. The van der Waals surface area contributed by atoms with E-state index < -0.39 is 5.54 Å². The minimum absolute atomic E-state index is 0.238. The Bertz CT molecular complexity index is 1380. The van der Waals surface area contributed by atoms with Crippen LogP contribution in [0.4, 0.5) is 5.69 Å². The third-order valence-corrected chi connectivity index (χ3v) is 7.28. The molecular weight excluding hydrogens is 460 g/mol. The zero-order chi connectivity index (χ0) is 24.6. The Balaban J connectivity index is 1.51. The van der Waals surface area contributed by atoms with E-state index in [1.165, 1.54) is 0 Å². The van der Waals surface area contributed by atoms with Gasteiger partial charge in [-0.2, -0.15) is 5.10 Å². The van der Waals surface area contributed by atoms with Gasteiger partial charge in [-0.15, -0.1) is 11.3 Å². The number of ether oxygens (including phenoxy) is 1. The van der Waals surface area contributed by atoms with Crippen LogP contribution in [0.1, 0.15) is 28.5 Å². The number of aryl methyl sites for hydroxylation is 1. The van der Waals surface area contributed by atoms with Gasteiger partial charge in [-0.25, -0.2) is 0 Å². The molecule has 2 aromatic heterocycles. The van der Waals surface area contributed by atoms with Crippen LogP contribution in [-0.4, -0.2) is 34.2 Å². The summed E-state index contributed by atoms with van der Waals surface area (Å²) in [7, 11) is 1.62. The van der Waals surface area contributed by atoms with Crippen molar-refractivity contribution in [2.45, 2.75) is 32.5 Å². The SMILES string of the molecule is COc1ccc(CNC(=O)[C@]2(C)Cn3nc(-c4cccs4)cc3C(=O)N2c2ccccc2C)cc1. The molecule has 0 aliphatic carbocycles. The molecule has 0 unspecified atom stereocenters. The highest BCUT2D eigenvalue weighted by molar-refractivity contribution is 7.13. The third-order valence-electron chi connectivity index (χ3n) is 6.38. The molecular formula is C27H26N4O3S. The van der Waals surface area contributed by atoms with Crippen molar-refractivity contribution in [1.82, 2.24) is 15.1 Å². The van der Waals surface area contributed by atoms with Crippen molar-refractivity contribution >= 4 is 28.8 Å². The molecule has 0 saturated carbocycles. The maximum atomic E-state index is 13.9. The van der Waals surface area contributed by atoms with Crippen LogP contribution in [0.15, 0.2) is 72.1 Å². The number of hydrogen-bond donors (Lipinski definition) is 1. The molecule has 8 heteroatoms. The summed E-state index contributed by atoms with van der Waals surface area (Å²) < 4.78 is 6.88. The molecule has 4 aromatic rings. The summed E-state index contributed by atoms with van der Waals surface area (Å²) in [5.41, 5.74) is 2.59. The second kappa shape index (κ2) is 9.03. The van der Waals surface area contributed by atoms with E-state index in [4.69, 9.17) is 9.84 Å². The topological polar surface area (TPSA) is 76.5 Å². The van der Waals surface area contributed by atoms with Crippen LogP contribution >= 0.6 is 11.3 Å². The minimum atomic E-state index is -1.18. The Hall–Kier alpha value is -3.91. The van der Waals surface area contributed by atoms with E-state index in [0.717, 1.165) is 27.4 Å². The van der Waals surface area contributed by atoms with Crippen molar-refractivity contribution in [2.24, 2.45) is 0 Å². The van der Waals surface area contributed by atoms with Crippen molar-refractivity contribution in [3.8, 4) is 16.3 Å². The molecule has 7 nitrogen and oxygen atoms in total. The average molecular weight is 487 g/mol. The van der Waals surface area contributed by atoms with Gasteiger partial charge in [0, 0.05) is 12.2 Å². The van der Waals surface area contributed by atoms with Gasteiger partial charge in [-0.1, -0.05) is 36.4 Å². The number of nitrogens with one attached hydrogen (secondary N) is 1. The summed E-state index contributed by atoms with van der Waals surface area (Å²) in [6.45, 7) is 4.32. The molecule has 1 aliphatic heterocycles. The first-order valence-electron chi connectivity index (χ1n) is 11.3. The van der Waals surface area contributed by atoms with Gasteiger partial charge in [0.25, 0.3) is 5.91 Å². The number of amides is 2. The molecule has 1 N–H and O–H groups in total. The lowest BCUT2D eigenvalue weighted by Crippen LogP contribution is -2.64. The van der Waals surface area contributed by atoms with Gasteiger partial charge >= 0.3 is 0 Å². The number of methoxy groups -OCH3 is 1. The van der Waals surface area contributed by atoms with Crippen LogP contribution in [0.25, 0.3) is 10.6 Å². The van der Waals surface area contributed by atoms with E-state index >= 15 is 0 Å². The fourth-order valence-electron chi connectivity index (χ4n) is 4.43. The first-order valence-corrected chi connectivity index (χ1v) is 12.2. The zero-order valence-electron chi connectivity index (χ0n) is 19.8. The van der Waals surface area contributed by atoms with E-state index in [1.807, 2.05) is 79.0 Å². The number of benzene rings is 2. The molecule has 178 valence electrons. The monoisotopic (exact) mass is 486 g/mol. The average Bonchev–Trinajstić information content (AvgIpc) is 3.54. The van der Waals surface area contributed by atoms with Crippen molar-refractivity contribution in [1.29, 1.82) is 0 Å². The van der Waals surface area contributed by atoms with E-state index in [9.17, 15) is 9.59 Å². The number of carbonyl (C=O) groups is 2. The van der Waals surface area contributed by atoms with Crippen molar-refractivity contribution in [3.63, 3.8) is 0 Å². The Labute approximate surface area is 208 Å². The number of para-hydroxylation sites is 1. The summed E-state index contributed by atoms with van der Waals surface area (Å²) in [6.07, 6.45) is 0. The van der Waals surface area contributed by atoms with Crippen LogP contribution in [0.2, 0.25) is 0 Å². The Morgan fingerprint density at radius 1 is 1.14 bits per heavy atom. The minimum Gasteiger partial charge on any atom is -0.497 e. The van der Waals surface area contributed by atoms with Crippen LogP contribution in [0.5, 0.6) is 5.75 Å². The maximum Gasteiger partial charge on any atom is 0.277 e. The Morgan fingerprint density at radius 3 is 2.60 bits per heavy atom. The van der Waals surface area contributed by atoms with Gasteiger partial charge < -0.3 is 10.1 Å². The first kappa shape index (κ1) is 22.9. The fourth-order valence-corrected chi connectivity index (χ4v) is 5.12. The van der Waals surface area contributed by atoms with Gasteiger partial charge in [0.2, 0.25) is 5.91 Å². The van der Waals surface area contributed by atoms with Gasteiger partial charge in [0.15, 0.2) is 0 Å². The van der Waals surface area contributed by atoms with Gasteiger partial charge in [0.05, 0.1) is 18.5 Å². The summed E-state index contributed by atoms with van der Waals surface area (Å²) >= 11 is 1.57. The molecule has 2 aromatic carbocycles. The molecule has 1 atom stereocenters. The number of nitrogens with zero attached hydrogens (tertiary/aromatic N) is 3. The molecule has 2 amide bonds. The largest absolute Gasteiger partial charge is 0.497 e. The van der Waals surface area contributed by atoms with E-state index in [0.29, 0.717) is 17.9 Å². The second-order valence-electron chi connectivity index (χ2n) is 8.78. The van der Waals surface area contributed by atoms with E-state index in [-0.39, 0.29) is 18.4 Å². The van der Waals surface area contributed by atoms with E-state index in [1.54, 1.807) is 35.0 Å². The predicted molar refractivity (Wildman–Crippen MR) is 137 cm³/mol. The second-order valence-corrected chi connectivity index (χ2v) is 9.73. The summed E-state index contributed by atoms with van der Waals surface area (Å²) in [5.74, 6) is 0.259. The molecule has 3 heterocycles. The highest BCUT2D eigenvalue weighted by atomic mass is 32.1. The quantitative estimate of drug-likeness (QED) is 0.430. The number of fused-ring (bicyclic) bond motifs is 1. The molecule has 0 radical (unpaired) electrons. The number of carbonyl (C=O) groups excluding carboxylic acids is 2. The molecule has 0 fully saturated rings. The Kier molecular flexibility index (Phi) is 5.90. The summed E-state index contributed by atoms with van der Waals surface area (Å²) in [4.78, 5) is 30.2. The molecule has 0 bridgehead atoms. The molecule has 5 rings (SSSR count). The van der Waals surface area contributed by atoms with Gasteiger partial charge in [-0.3, -0.25) is 19.2 Å². The summed E-state index contributed by atoms with van der Waals surface area (Å²) in [6, 6.07) is 20.9. The highest BCUT2D eigenvalue weighted by Crippen LogP contribution is 2.36. The lowest BCUT2D eigenvalue weighted by Gasteiger charge is -2.43. The predicted octanol–water partition coefficient (Wildman–Crippen LogP) is 4.66. The lowest BCUT2D eigenvalue weighted by molar-refractivity contribution is -0.126. The van der Waals surface area contributed by atoms with Crippen molar-refractivity contribution in [3.05, 3.63) is 88.9 Å². The van der Waals surface area contributed by atoms with Crippen LogP contribution in [0.3, 0.4) is 0 Å². The highest BCUT2D eigenvalue weighted by Gasteiger charge is 2.49. The number of thiophene rings is 1. The van der Waals surface area contributed by atoms with Crippen LogP contribution in [-0.2, 0) is 17.9 Å². The molecule has 1 aliphatic rings. The fraction of sp³-hybridized carbons (Fsp3) is 0.222. The smallest absolute Gasteiger partial charge is 0.277 e. The normalized spacial score (nSPS) is 17.2. The Morgan fingerprint density at radius 2 is 1.91 bits per heavy atom. The number of rotatable bonds is 6. The van der Waals surface area contributed by atoms with E-state index in [2.05, 4.69) is 5.32 Å². The standard InChI is InChI=1S/C27H26N4O3S/c1-18-7-4-5-8-22(18)31-25(32)23-15-21(24-9-6-14-35-24)29-30(23)17-27(31,2)26(33)28-16-19-10-12-20(34-3)13-11-19/h4-15H,16-17H2,1-3H3,(H,28,33)/t27-/m0/s1. The van der Waals surface area contributed by atoms with Crippen molar-refractivity contribution < 1.29 is 14.3 Å².